The summed E-state index contributed by atoms with van der Waals surface area (Å²) in [5.41, 5.74) is 3.56. The van der Waals surface area contributed by atoms with Crippen LogP contribution in [0.1, 0.15) is 57.4 Å². The zero-order valence-electron chi connectivity index (χ0n) is 20.5. The summed E-state index contributed by atoms with van der Waals surface area (Å²) < 4.78 is 4.73. The number of carbonyl (C=O) groups excluding carboxylic acids is 3. The Balaban J connectivity index is 1.35. The van der Waals surface area contributed by atoms with E-state index in [-0.39, 0.29) is 30.2 Å². The van der Waals surface area contributed by atoms with Gasteiger partial charge in [0.25, 0.3) is 11.8 Å². The first-order chi connectivity index (χ1) is 17.5. The first kappa shape index (κ1) is 23.7. The molecule has 186 valence electrons. The zero-order valence-corrected chi connectivity index (χ0v) is 20.5. The number of aryl methyl sites for hydroxylation is 1. The van der Waals surface area contributed by atoms with Crippen LogP contribution in [0.3, 0.4) is 0 Å². The number of anilines is 1. The number of hydrogen-bond acceptors (Lipinski definition) is 7. The lowest BCUT2D eigenvalue weighted by molar-refractivity contribution is -0.136. The fraction of sp³-hybridized carbons (Fsp3) is 0.370. The van der Waals surface area contributed by atoms with E-state index in [1.807, 2.05) is 48.2 Å². The summed E-state index contributed by atoms with van der Waals surface area (Å²) in [6.45, 7) is 6.16. The van der Waals surface area contributed by atoms with Gasteiger partial charge in [0.15, 0.2) is 0 Å². The van der Waals surface area contributed by atoms with Crippen LogP contribution < -0.4 is 4.90 Å². The van der Waals surface area contributed by atoms with Gasteiger partial charge in [0, 0.05) is 26.2 Å². The van der Waals surface area contributed by atoms with Crippen molar-refractivity contribution in [2.45, 2.75) is 39.8 Å². The van der Waals surface area contributed by atoms with Crippen molar-refractivity contribution in [2.75, 3.05) is 24.5 Å². The normalized spacial score (nSPS) is 17.4. The second kappa shape index (κ2) is 9.93. The number of imide groups is 1. The van der Waals surface area contributed by atoms with Crippen molar-refractivity contribution < 1.29 is 19.0 Å². The molecule has 1 saturated heterocycles. The first-order valence-electron chi connectivity index (χ1n) is 12.3. The first-order valence-corrected chi connectivity index (χ1v) is 12.3. The Hall–Kier alpha value is -4.01. The van der Waals surface area contributed by atoms with Gasteiger partial charge in [-0.3, -0.25) is 19.3 Å². The van der Waals surface area contributed by atoms with Gasteiger partial charge < -0.3 is 9.80 Å². The molecule has 1 atom stereocenters. The van der Waals surface area contributed by atoms with E-state index in [0.717, 1.165) is 24.9 Å². The van der Waals surface area contributed by atoms with Crippen molar-refractivity contribution in [1.29, 1.82) is 0 Å². The molecule has 1 aromatic heterocycles. The molecule has 0 aliphatic carbocycles. The molecule has 0 saturated carbocycles. The predicted octanol–water partition coefficient (Wildman–Crippen LogP) is 3.44. The Bertz CT molecular complexity index is 1290. The van der Waals surface area contributed by atoms with Gasteiger partial charge in [0.2, 0.25) is 5.91 Å². The summed E-state index contributed by atoms with van der Waals surface area (Å²) in [4.78, 5) is 45.1. The van der Waals surface area contributed by atoms with E-state index in [9.17, 15) is 14.4 Å². The van der Waals surface area contributed by atoms with E-state index in [1.165, 1.54) is 4.90 Å². The van der Waals surface area contributed by atoms with Crippen LogP contribution in [-0.2, 0) is 17.9 Å². The summed E-state index contributed by atoms with van der Waals surface area (Å²) >= 11 is 0. The van der Waals surface area contributed by atoms with Crippen LogP contribution in [0, 0.1) is 12.8 Å². The molecule has 3 amide bonds. The van der Waals surface area contributed by atoms with Crippen molar-refractivity contribution >= 4 is 23.4 Å². The number of carbonyl (C=O) groups is 3. The highest BCUT2D eigenvalue weighted by Crippen LogP contribution is 2.35. The molecule has 0 spiro atoms. The fourth-order valence-corrected chi connectivity index (χ4v) is 5.07. The molecule has 9 heteroatoms. The van der Waals surface area contributed by atoms with E-state index in [4.69, 9.17) is 4.63 Å². The summed E-state index contributed by atoms with van der Waals surface area (Å²) in [7, 11) is 0. The number of hydrogen-bond donors (Lipinski definition) is 0. The maximum atomic E-state index is 13.5. The third kappa shape index (κ3) is 4.36. The van der Waals surface area contributed by atoms with E-state index >= 15 is 0 Å². The average Bonchev–Trinajstić information content (AvgIpc) is 3.43. The fourth-order valence-electron chi connectivity index (χ4n) is 5.07. The smallest absolute Gasteiger partial charge is 0.264 e. The second-order valence-corrected chi connectivity index (χ2v) is 9.32. The number of amides is 3. The van der Waals surface area contributed by atoms with Crippen LogP contribution in [0.15, 0.2) is 53.2 Å². The molecule has 2 aliphatic rings. The molecular formula is C27H29N5O4. The molecule has 2 aromatic carbocycles. The average molecular weight is 488 g/mol. The molecule has 1 unspecified atom stereocenters. The molecule has 36 heavy (non-hydrogen) atoms. The van der Waals surface area contributed by atoms with Crippen LogP contribution in [0.2, 0.25) is 0 Å². The SMILES string of the molecule is CCN(Cc1ccccc1)C(=O)C1CCCN(c2cccc3c2C(=O)N(Cc2nonc2C)C3=O)C1. The minimum Gasteiger partial charge on any atom is -0.370 e. The van der Waals surface area contributed by atoms with Crippen molar-refractivity contribution in [3.8, 4) is 0 Å². The second-order valence-electron chi connectivity index (χ2n) is 9.32. The third-order valence-electron chi connectivity index (χ3n) is 7.05. The Morgan fingerprint density at radius 1 is 1.08 bits per heavy atom. The lowest BCUT2D eigenvalue weighted by atomic mass is 9.94. The van der Waals surface area contributed by atoms with Crippen LogP contribution in [-0.4, -0.2) is 57.5 Å². The van der Waals surface area contributed by atoms with Gasteiger partial charge in [0.05, 0.1) is 29.3 Å². The highest BCUT2D eigenvalue weighted by Gasteiger charge is 2.40. The van der Waals surface area contributed by atoms with Crippen LogP contribution >= 0.6 is 0 Å². The lowest BCUT2D eigenvalue weighted by Gasteiger charge is -2.36. The van der Waals surface area contributed by atoms with Gasteiger partial charge in [-0.1, -0.05) is 46.7 Å². The van der Waals surface area contributed by atoms with Crippen LogP contribution in [0.5, 0.6) is 0 Å². The van der Waals surface area contributed by atoms with Crippen LogP contribution in [0.4, 0.5) is 5.69 Å². The monoisotopic (exact) mass is 487 g/mol. The van der Waals surface area contributed by atoms with Crippen molar-refractivity contribution in [2.24, 2.45) is 5.92 Å². The Labute approximate surface area is 209 Å². The maximum absolute atomic E-state index is 13.5. The number of rotatable bonds is 7. The minimum absolute atomic E-state index is 0.00712. The highest BCUT2D eigenvalue weighted by molar-refractivity contribution is 6.23. The molecular weight excluding hydrogens is 458 g/mol. The number of fused-ring (bicyclic) bond motifs is 1. The topological polar surface area (TPSA) is 99.9 Å². The summed E-state index contributed by atoms with van der Waals surface area (Å²) in [5.74, 6) is -0.772. The number of benzene rings is 2. The maximum Gasteiger partial charge on any atom is 0.264 e. The van der Waals surface area contributed by atoms with Gasteiger partial charge in [-0.25, -0.2) is 4.63 Å². The molecule has 0 bridgehead atoms. The quantitative estimate of drug-likeness (QED) is 0.471. The van der Waals surface area contributed by atoms with Crippen molar-refractivity contribution in [1.82, 2.24) is 20.1 Å². The predicted molar refractivity (Wildman–Crippen MR) is 132 cm³/mol. The van der Waals surface area contributed by atoms with Gasteiger partial charge in [0.1, 0.15) is 11.4 Å². The molecule has 3 heterocycles. The molecule has 1 fully saturated rings. The molecule has 5 rings (SSSR count). The number of nitrogens with zero attached hydrogens (tertiary/aromatic N) is 5. The lowest BCUT2D eigenvalue weighted by Crippen LogP contribution is -2.45. The Morgan fingerprint density at radius 2 is 1.89 bits per heavy atom. The number of piperidine rings is 1. The van der Waals surface area contributed by atoms with Gasteiger partial charge in [-0.2, -0.15) is 0 Å². The Kier molecular flexibility index (Phi) is 6.54. The van der Waals surface area contributed by atoms with Gasteiger partial charge >= 0.3 is 0 Å². The molecule has 2 aliphatic heterocycles. The Morgan fingerprint density at radius 3 is 2.61 bits per heavy atom. The molecule has 0 radical (unpaired) electrons. The minimum atomic E-state index is -0.360. The van der Waals surface area contributed by atoms with E-state index in [1.54, 1.807) is 19.1 Å². The van der Waals surface area contributed by atoms with E-state index in [0.29, 0.717) is 47.8 Å². The molecule has 0 N–H and O–H groups in total. The van der Waals surface area contributed by atoms with Gasteiger partial charge in [-0.15, -0.1) is 0 Å². The van der Waals surface area contributed by atoms with E-state index in [2.05, 4.69) is 15.2 Å². The summed E-state index contributed by atoms with van der Waals surface area (Å²) in [6, 6.07) is 15.3. The largest absolute Gasteiger partial charge is 0.370 e. The number of aromatic nitrogens is 2. The van der Waals surface area contributed by atoms with Crippen LogP contribution in [0.25, 0.3) is 0 Å². The van der Waals surface area contributed by atoms with Gasteiger partial charge in [-0.05, 0) is 44.4 Å². The summed E-state index contributed by atoms with van der Waals surface area (Å²) in [6.07, 6.45) is 1.63. The van der Waals surface area contributed by atoms with Crippen molar-refractivity contribution in [3.63, 3.8) is 0 Å². The van der Waals surface area contributed by atoms with E-state index < -0.39 is 0 Å². The third-order valence-corrected chi connectivity index (χ3v) is 7.05. The molecule has 9 nitrogen and oxygen atoms in total. The zero-order chi connectivity index (χ0) is 25.2. The highest BCUT2D eigenvalue weighted by atomic mass is 16.6. The van der Waals surface area contributed by atoms with Crippen molar-refractivity contribution in [3.05, 3.63) is 76.6 Å². The summed E-state index contributed by atoms with van der Waals surface area (Å²) in [5, 5.41) is 7.56. The molecule has 3 aromatic rings. The standard InChI is InChI=1S/C27H29N5O4/c1-3-30(15-19-9-5-4-6-10-19)25(33)20-11-8-14-31(16-20)23-13-7-12-21-24(23)27(35)32(26(21)34)17-22-18(2)28-36-29-22/h4-7,9-10,12-13,20H,3,8,11,14-17H2,1-2H3.